The smallest absolute Gasteiger partial charge is 0.344 e. The summed E-state index contributed by atoms with van der Waals surface area (Å²) in [6.45, 7) is 1.18. The Bertz CT molecular complexity index is 927. The van der Waals surface area contributed by atoms with Crippen molar-refractivity contribution in [2.24, 2.45) is 0 Å². The maximum Gasteiger partial charge on any atom is 0.344 e. The lowest BCUT2D eigenvalue weighted by Crippen LogP contribution is -2.23. The molecule has 0 fully saturated rings. The predicted molar refractivity (Wildman–Crippen MR) is 110 cm³/mol. The second-order valence-electron chi connectivity index (χ2n) is 6.29. The van der Waals surface area contributed by atoms with Crippen molar-refractivity contribution in [2.75, 3.05) is 25.1 Å². The Kier molecular flexibility index (Phi) is 8.96. The summed E-state index contributed by atoms with van der Waals surface area (Å²) in [6, 6.07) is 11.6. The fourth-order valence-electron chi connectivity index (χ4n) is 2.33. The third kappa shape index (κ3) is 7.77. The van der Waals surface area contributed by atoms with Gasteiger partial charge in [-0.05, 0) is 36.8 Å². The fourth-order valence-corrected chi connectivity index (χ4v) is 2.33. The number of unbranched alkanes of at least 4 members (excludes halogenated alkanes) is 1. The molecule has 0 unspecified atom stereocenters. The van der Waals surface area contributed by atoms with Crippen LogP contribution in [-0.4, -0.2) is 42.6 Å². The summed E-state index contributed by atoms with van der Waals surface area (Å²) in [6.07, 6.45) is 1.70. The number of carbonyl (C=O) groups is 3. The van der Waals surface area contributed by atoms with E-state index in [1.54, 1.807) is 0 Å². The van der Waals surface area contributed by atoms with Gasteiger partial charge in [-0.1, -0.05) is 25.5 Å². The number of carbonyl (C=O) groups excluding carboxylic acids is 3. The molecule has 0 aromatic heterocycles. The van der Waals surface area contributed by atoms with Crippen molar-refractivity contribution in [3.63, 3.8) is 0 Å². The lowest BCUT2D eigenvalue weighted by Gasteiger charge is -2.09. The number of anilines is 1. The van der Waals surface area contributed by atoms with Gasteiger partial charge in [-0.15, -0.1) is 0 Å². The van der Waals surface area contributed by atoms with Crippen LogP contribution >= 0.6 is 0 Å². The first-order valence-corrected chi connectivity index (χ1v) is 9.49. The van der Waals surface area contributed by atoms with E-state index in [0.29, 0.717) is 17.9 Å². The lowest BCUT2D eigenvalue weighted by atomic mass is 10.2. The second-order valence-corrected chi connectivity index (χ2v) is 6.29. The largest absolute Gasteiger partial charge is 0.475 e. The average molecular weight is 430 g/mol. The zero-order valence-corrected chi connectivity index (χ0v) is 16.9. The summed E-state index contributed by atoms with van der Waals surface area (Å²) in [4.78, 5) is 45.8. The van der Waals surface area contributed by atoms with E-state index in [1.165, 1.54) is 48.5 Å². The van der Waals surface area contributed by atoms with Gasteiger partial charge in [-0.2, -0.15) is 0 Å². The Balaban J connectivity index is 1.75. The number of ether oxygens (including phenoxy) is 3. The van der Waals surface area contributed by atoms with Crippen LogP contribution < -0.4 is 10.1 Å². The van der Waals surface area contributed by atoms with Gasteiger partial charge in [0.15, 0.2) is 19.0 Å². The molecule has 0 aliphatic carbocycles. The van der Waals surface area contributed by atoms with Crippen LogP contribution in [0.5, 0.6) is 5.75 Å². The molecule has 2 rings (SSSR count). The second kappa shape index (κ2) is 11.9. The number of nitrogens with one attached hydrogen (secondary N) is 1. The Labute approximate surface area is 178 Å². The van der Waals surface area contributed by atoms with Crippen LogP contribution in [0.2, 0.25) is 0 Å². The Morgan fingerprint density at radius 1 is 1.00 bits per heavy atom. The van der Waals surface area contributed by atoms with Gasteiger partial charge in [0.25, 0.3) is 5.91 Å². The van der Waals surface area contributed by atoms with Crippen LogP contribution in [0.25, 0.3) is 0 Å². The first-order chi connectivity index (χ1) is 14.9. The van der Waals surface area contributed by atoms with E-state index in [9.17, 15) is 24.5 Å². The molecule has 2 aromatic carbocycles. The van der Waals surface area contributed by atoms with Crippen molar-refractivity contribution in [2.45, 2.75) is 19.8 Å². The molecule has 0 spiro atoms. The molecule has 1 N–H and O–H groups in total. The van der Waals surface area contributed by atoms with E-state index >= 15 is 0 Å². The van der Waals surface area contributed by atoms with E-state index in [-0.39, 0.29) is 11.4 Å². The normalized spacial score (nSPS) is 10.1. The fraction of sp³-hybridized carbons (Fsp3) is 0.286. The number of rotatable bonds is 11. The van der Waals surface area contributed by atoms with Crippen molar-refractivity contribution < 1.29 is 33.5 Å². The van der Waals surface area contributed by atoms with Crippen molar-refractivity contribution >= 4 is 29.2 Å². The van der Waals surface area contributed by atoms with Crippen LogP contribution in [0.3, 0.4) is 0 Å². The number of nitro groups is 1. The van der Waals surface area contributed by atoms with Crippen LogP contribution in [0.1, 0.15) is 30.1 Å². The molecule has 0 aliphatic rings. The minimum Gasteiger partial charge on any atom is -0.475 e. The highest BCUT2D eigenvalue weighted by Gasteiger charge is 2.16. The molecular formula is C21H22N2O8. The van der Waals surface area contributed by atoms with Gasteiger partial charge >= 0.3 is 17.6 Å². The maximum atomic E-state index is 11.9. The van der Waals surface area contributed by atoms with Gasteiger partial charge < -0.3 is 19.5 Å². The van der Waals surface area contributed by atoms with Crippen molar-refractivity contribution in [1.29, 1.82) is 0 Å². The Morgan fingerprint density at radius 3 is 2.39 bits per heavy atom. The van der Waals surface area contributed by atoms with Gasteiger partial charge in [-0.25, -0.2) is 9.59 Å². The van der Waals surface area contributed by atoms with Crippen molar-refractivity contribution in [3.05, 3.63) is 64.2 Å². The Morgan fingerprint density at radius 2 is 1.71 bits per heavy atom. The molecule has 1 amide bonds. The third-order valence-corrected chi connectivity index (χ3v) is 3.91. The highest BCUT2D eigenvalue weighted by molar-refractivity contribution is 5.94. The quantitative estimate of drug-likeness (QED) is 0.249. The molecule has 0 aliphatic heterocycles. The van der Waals surface area contributed by atoms with Gasteiger partial charge in [0.1, 0.15) is 0 Å². The zero-order chi connectivity index (χ0) is 22.6. The number of amides is 1. The maximum absolute atomic E-state index is 11.9. The average Bonchev–Trinajstić information content (AvgIpc) is 2.77. The van der Waals surface area contributed by atoms with Crippen LogP contribution in [-0.2, 0) is 19.1 Å². The zero-order valence-electron chi connectivity index (χ0n) is 16.9. The van der Waals surface area contributed by atoms with Crippen LogP contribution in [0.4, 0.5) is 11.4 Å². The van der Waals surface area contributed by atoms with Gasteiger partial charge in [0.2, 0.25) is 0 Å². The van der Waals surface area contributed by atoms with Gasteiger partial charge in [-0.3, -0.25) is 14.9 Å². The van der Waals surface area contributed by atoms with E-state index in [1.807, 2.05) is 6.92 Å². The van der Waals surface area contributed by atoms with Crippen molar-refractivity contribution in [3.8, 4) is 5.75 Å². The minimum atomic E-state index is -0.863. The predicted octanol–water partition coefficient (Wildman–Crippen LogP) is 3.11. The van der Waals surface area contributed by atoms with Gasteiger partial charge in [0, 0.05) is 11.8 Å². The highest BCUT2D eigenvalue weighted by Crippen LogP contribution is 2.25. The molecule has 0 radical (unpaired) electrons. The number of nitro benzene ring substituents is 1. The number of para-hydroxylation sites is 2. The summed E-state index contributed by atoms with van der Waals surface area (Å²) in [7, 11) is 0. The number of benzene rings is 2. The SMILES string of the molecule is CCCCOC(=O)c1ccc(NC(=O)COC(=O)COc2ccccc2[N+](=O)[O-])cc1. The van der Waals surface area contributed by atoms with E-state index in [2.05, 4.69) is 5.32 Å². The molecule has 10 heteroatoms. The summed E-state index contributed by atoms with van der Waals surface area (Å²) in [5.74, 6) is -1.99. The molecule has 31 heavy (non-hydrogen) atoms. The monoisotopic (exact) mass is 430 g/mol. The minimum absolute atomic E-state index is 0.0813. The molecule has 164 valence electrons. The number of hydrogen-bond donors (Lipinski definition) is 1. The third-order valence-electron chi connectivity index (χ3n) is 3.91. The molecule has 2 aromatic rings. The Hall–Kier alpha value is -3.95. The highest BCUT2D eigenvalue weighted by atomic mass is 16.6. The summed E-state index contributed by atoms with van der Waals surface area (Å²) >= 11 is 0. The number of nitrogens with zero attached hydrogens (tertiary/aromatic N) is 1. The summed E-state index contributed by atoms with van der Waals surface area (Å²) < 4.78 is 15.0. The summed E-state index contributed by atoms with van der Waals surface area (Å²) in [5.41, 5.74) is 0.473. The van der Waals surface area contributed by atoms with E-state index in [4.69, 9.17) is 14.2 Å². The first kappa shape index (κ1) is 23.3. The molecular weight excluding hydrogens is 408 g/mol. The molecule has 0 bridgehead atoms. The molecule has 0 heterocycles. The number of esters is 2. The number of hydrogen-bond acceptors (Lipinski definition) is 8. The molecule has 0 saturated heterocycles. The van der Waals surface area contributed by atoms with E-state index < -0.39 is 36.0 Å². The van der Waals surface area contributed by atoms with E-state index in [0.717, 1.165) is 12.8 Å². The topological polar surface area (TPSA) is 134 Å². The van der Waals surface area contributed by atoms with Crippen LogP contribution in [0, 0.1) is 10.1 Å². The van der Waals surface area contributed by atoms with Crippen molar-refractivity contribution in [1.82, 2.24) is 0 Å². The lowest BCUT2D eigenvalue weighted by molar-refractivity contribution is -0.385. The molecule has 0 saturated carbocycles. The molecule has 10 nitrogen and oxygen atoms in total. The van der Waals surface area contributed by atoms with Crippen LogP contribution in [0.15, 0.2) is 48.5 Å². The summed E-state index contributed by atoms with van der Waals surface area (Å²) in [5, 5.41) is 13.4. The van der Waals surface area contributed by atoms with Gasteiger partial charge in [0.05, 0.1) is 17.1 Å². The standard InChI is InChI=1S/C21H22N2O8/c1-2-3-12-29-21(26)15-8-10-16(11-9-15)22-19(24)13-31-20(25)14-30-18-7-5-4-6-17(18)23(27)28/h4-11H,2-3,12-14H2,1H3,(H,22,24). The molecule has 0 atom stereocenters. The first-order valence-electron chi connectivity index (χ1n) is 9.49.